The van der Waals surface area contributed by atoms with Crippen molar-refractivity contribution < 1.29 is 14.3 Å². The van der Waals surface area contributed by atoms with Gasteiger partial charge in [0.15, 0.2) is 0 Å². The summed E-state index contributed by atoms with van der Waals surface area (Å²) in [6.45, 7) is 0.997. The first kappa shape index (κ1) is 16.2. The smallest absolute Gasteiger partial charge is 0.337 e. The molecule has 1 aliphatic heterocycles. The summed E-state index contributed by atoms with van der Waals surface area (Å²) >= 11 is 3.83. The van der Waals surface area contributed by atoms with Crippen LogP contribution < -0.4 is 10.2 Å². The highest BCUT2D eigenvalue weighted by Crippen LogP contribution is 2.38. The monoisotopic (exact) mass is 442 g/mol. The third kappa shape index (κ3) is 3.31. The van der Waals surface area contributed by atoms with Gasteiger partial charge in [0, 0.05) is 22.6 Å². The van der Waals surface area contributed by atoms with Crippen LogP contribution in [0.25, 0.3) is 10.4 Å². The summed E-state index contributed by atoms with van der Waals surface area (Å²) in [6, 6.07) is 5.63. The van der Waals surface area contributed by atoms with Crippen molar-refractivity contribution >= 4 is 60.8 Å². The highest BCUT2D eigenvalue weighted by molar-refractivity contribution is 14.2. The van der Waals surface area contributed by atoms with Crippen molar-refractivity contribution in [3.05, 3.63) is 34.7 Å². The summed E-state index contributed by atoms with van der Waals surface area (Å²) in [5, 5.41) is 2.06. The minimum Gasteiger partial charge on any atom is -0.493 e. The fourth-order valence-corrected chi connectivity index (χ4v) is 4.01. The first-order valence-electron chi connectivity index (χ1n) is 6.74. The summed E-state index contributed by atoms with van der Waals surface area (Å²) in [4.78, 5) is 13.4. The zero-order valence-electron chi connectivity index (χ0n) is 11.6. The number of thiophene rings is 1. The van der Waals surface area contributed by atoms with Crippen LogP contribution in [0.5, 0.6) is 5.75 Å². The Morgan fingerprint density at radius 2 is 2.36 bits per heavy atom. The Morgan fingerprint density at radius 3 is 3.18 bits per heavy atom. The normalized spacial score (nSPS) is 12.8. The number of hydrogen-bond donors (Lipinski definition) is 0. The largest absolute Gasteiger partial charge is 0.493 e. The number of halogens is 1. The number of hydrogen-bond acceptors (Lipinski definition) is 5. The van der Waals surface area contributed by atoms with Gasteiger partial charge in [-0.1, -0.05) is 14.4 Å². The Kier molecular flexibility index (Phi) is 5.35. The average molecular weight is 442 g/mol. The minimum absolute atomic E-state index is 0.379. The Labute approximate surface area is 150 Å². The number of carbonyl (C=O) groups is 1. The molecule has 0 saturated heterocycles. The fourth-order valence-electron chi connectivity index (χ4n) is 2.35. The number of rotatable bonds is 4. The maximum Gasteiger partial charge on any atom is 0.337 e. The van der Waals surface area contributed by atoms with Gasteiger partial charge < -0.3 is 9.47 Å². The van der Waals surface area contributed by atoms with Crippen LogP contribution in [-0.2, 0) is 11.2 Å². The summed E-state index contributed by atoms with van der Waals surface area (Å²) in [6.07, 6.45) is 0.861. The maximum absolute atomic E-state index is 12.2. The third-order valence-electron chi connectivity index (χ3n) is 3.39. The van der Waals surface area contributed by atoms with E-state index in [-0.39, 0.29) is 5.97 Å². The lowest BCUT2D eigenvalue weighted by molar-refractivity contribution is 0.0532. The quantitative estimate of drug-likeness (QED) is 0.315. The molecule has 0 spiro atoms. The van der Waals surface area contributed by atoms with Crippen molar-refractivity contribution in [3.8, 4) is 16.2 Å². The van der Waals surface area contributed by atoms with Crippen molar-refractivity contribution in [2.45, 2.75) is 6.42 Å². The van der Waals surface area contributed by atoms with Crippen LogP contribution in [0.1, 0.15) is 15.9 Å². The molecule has 2 heterocycles. The Balaban J connectivity index is 1.97. The molecule has 2 radical (unpaired) electrons. The number of fused-ring (bicyclic) bond motifs is 3. The number of carbonyl (C=O) groups excluding carboxylic acids is 1. The lowest BCUT2D eigenvalue weighted by atomic mass is 9.88. The van der Waals surface area contributed by atoms with Crippen LogP contribution in [0.3, 0.4) is 0 Å². The van der Waals surface area contributed by atoms with Crippen LogP contribution in [-0.4, -0.2) is 32.8 Å². The number of ether oxygens (including phenoxy) is 2. The molecule has 7 heteroatoms. The first-order valence-corrected chi connectivity index (χ1v) is 11.1. The lowest BCUT2D eigenvalue weighted by Crippen LogP contribution is -2.19. The maximum atomic E-state index is 12.2. The van der Waals surface area contributed by atoms with Crippen molar-refractivity contribution in [1.29, 1.82) is 0 Å². The molecule has 3 rings (SSSR count). The van der Waals surface area contributed by atoms with Crippen molar-refractivity contribution in [2.24, 2.45) is 0 Å². The SMILES string of the molecule is [B]c1cc2c(cc1C(=O)OCCSI)-c1sccc1CCO2. The molecule has 0 saturated carbocycles. The van der Waals surface area contributed by atoms with Gasteiger partial charge in [-0.25, -0.2) is 4.79 Å². The van der Waals surface area contributed by atoms with Gasteiger partial charge in [-0.3, -0.25) is 0 Å². The van der Waals surface area contributed by atoms with Gasteiger partial charge in [-0.15, -0.1) is 11.3 Å². The molecule has 2 aromatic rings. The van der Waals surface area contributed by atoms with E-state index in [1.54, 1.807) is 32.4 Å². The molecule has 0 fully saturated rings. The van der Waals surface area contributed by atoms with Crippen molar-refractivity contribution in [2.75, 3.05) is 19.0 Å². The van der Waals surface area contributed by atoms with Crippen LogP contribution >= 0.6 is 41.5 Å². The first-order chi connectivity index (χ1) is 10.7. The zero-order valence-corrected chi connectivity index (χ0v) is 15.4. The predicted octanol–water partition coefficient (Wildman–Crippen LogP) is 3.38. The molecular formula is C15H12BIO3S2. The second kappa shape index (κ2) is 7.27. The summed E-state index contributed by atoms with van der Waals surface area (Å²) < 4.78 is 11.0. The lowest BCUT2D eigenvalue weighted by Gasteiger charge is -2.13. The summed E-state index contributed by atoms with van der Waals surface area (Å²) in [5.74, 6) is 1.11. The van der Waals surface area contributed by atoms with E-state index >= 15 is 0 Å². The zero-order chi connectivity index (χ0) is 15.5. The minimum atomic E-state index is -0.381. The molecule has 0 atom stereocenters. The standard InChI is InChI=1S/C15H12BIO3S2/c16-12-8-13-11(7-10(12)15(18)20-4-6-22-17)14-9(1-3-19-13)2-5-21-14/h2,5,7-8H,1,3-4,6H2. The molecule has 1 aromatic carbocycles. The number of benzene rings is 1. The molecule has 1 aromatic heterocycles. The third-order valence-corrected chi connectivity index (χ3v) is 6.02. The predicted molar refractivity (Wildman–Crippen MR) is 101 cm³/mol. The second-order valence-electron chi connectivity index (χ2n) is 4.76. The highest BCUT2D eigenvalue weighted by atomic mass is 127. The van der Waals surface area contributed by atoms with E-state index in [0.717, 1.165) is 28.4 Å². The van der Waals surface area contributed by atoms with Crippen LogP contribution in [0.15, 0.2) is 23.6 Å². The summed E-state index contributed by atoms with van der Waals surface area (Å²) in [5.41, 5.74) is 2.97. The molecule has 0 amide bonds. The van der Waals surface area contributed by atoms with Gasteiger partial charge in [-0.05, 0) is 50.3 Å². The topological polar surface area (TPSA) is 35.5 Å². The molecule has 0 aliphatic carbocycles. The Bertz CT molecular complexity index is 702. The second-order valence-corrected chi connectivity index (χ2v) is 8.17. The van der Waals surface area contributed by atoms with Crippen molar-refractivity contribution in [3.63, 3.8) is 0 Å². The fraction of sp³-hybridized carbons (Fsp3) is 0.267. The number of esters is 1. The molecule has 0 bridgehead atoms. The van der Waals surface area contributed by atoms with E-state index in [9.17, 15) is 4.79 Å². The molecule has 0 N–H and O–H groups in total. The van der Waals surface area contributed by atoms with E-state index in [4.69, 9.17) is 17.3 Å². The molecule has 3 nitrogen and oxygen atoms in total. The highest BCUT2D eigenvalue weighted by Gasteiger charge is 2.21. The van der Waals surface area contributed by atoms with E-state index in [0.29, 0.717) is 24.2 Å². The molecule has 112 valence electrons. The van der Waals surface area contributed by atoms with Gasteiger partial charge in [0.25, 0.3) is 0 Å². The van der Waals surface area contributed by atoms with Gasteiger partial charge in [-0.2, -0.15) is 0 Å². The molecule has 0 unspecified atom stereocenters. The van der Waals surface area contributed by atoms with Crippen LogP contribution in [0.2, 0.25) is 0 Å². The Morgan fingerprint density at radius 1 is 1.50 bits per heavy atom. The van der Waals surface area contributed by atoms with Crippen LogP contribution in [0, 0.1) is 0 Å². The van der Waals surface area contributed by atoms with Crippen molar-refractivity contribution in [1.82, 2.24) is 0 Å². The summed E-state index contributed by atoms with van der Waals surface area (Å²) in [7, 11) is 7.62. The van der Waals surface area contributed by atoms with E-state index in [2.05, 4.69) is 32.7 Å². The van der Waals surface area contributed by atoms with Crippen LogP contribution in [0.4, 0.5) is 0 Å². The molecule has 22 heavy (non-hydrogen) atoms. The van der Waals surface area contributed by atoms with Gasteiger partial charge >= 0.3 is 5.97 Å². The van der Waals surface area contributed by atoms with E-state index in [1.165, 1.54) is 5.56 Å². The van der Waals surface area contributed by atoms with Gasteiger partial charge in [0.05, 0.1) is 12.2 Å². The van der Waals surface area contributed by atoms with E-state index in [1.807, 2.05) is 0 Å². The van der Waals surface area contributed by atoms with Gasteiger partial charge in [0.1, 0.15) is 20.2 Å². The molecule has 1 aliphatic rings. The average Bonchev–Trinajstić information content (AvgIpc) is 2.89. The van der Waals surface area contributed by atoms with Gasteiger partial charge in [0.2, 0.25) is 0 Å². The van der Waals surface area contributed by atoms with E-state index < -0.39 is 0 Å². The Hall–Kier alpha value is -0.665. The molecular weight excluding hydrogens is 430 g/mol.